The molecule has 18 heavy (non-hydrogen) atoms. The zero-order valence-corrected chi connectivity index (χ0v) is 10.3. The Bertz CT molecular complexity index is 475. The molecule has 2 N–H and O–H groups in total. The summed E-state index contributed by atoms with van der Waals surface area (Å²) in [4.78, 5) is 30.6. The summed E-state index contributed by atoms with van der Waals surface area (Å²) >= 11 is 0. The first-order valence-corrected chi connectivity index (χ1v) is 5.91. The van der Waals surface area contributed by atoms with E-state index in [4.69, 9.17) is 5.73 Å². The van der Waals surface area contributed by atoms with Crippen LogP contribution in [-0.2, 0) is 16.1 Å². The molecule has 0 radical (unpaired) electrons. The van der Waals surface area contributed by atoms with Gasteiger partial charge in [-0.05, 0) is 13.0 Å². The maximum Gasteiger partial charge on any atom is 0.312 e. The second-order valence-corrected chi connectivity index (χ2v) is 4.16. The molecule has 0 bridgehead atoms. The largest absolute Gasteiger partial charge is 0.383 e. The average molecular weight is 248 g/mol. The van der Waals surface area contributed by atoms with Gasteiger partial charge < -0.3 is 15.5 Å². The summed E-state index contributed by atoms with van der Waals surface area (Å²) in [5, 5.41) is 0. The van der Waals surface area contributed by atoms with Crippen molar-refractivity contribution in [2.45, 2.75) is 13.5 Å². The van der Waals surface area contributed by atoms with Crippen molar-refractivity contribution in [2.75, 3.05) is 25.4 Å². The number of amides is 2. The number of nitrogens with two attached hydrogens (primary N) is 1. The van der Waals surface area contributed by atoms with Gasteiger partial charge in [0.1, 0.15) is 5.82 Å². The number of piperazine rings is 1. The lowest BCUT2D eigenvalue weighted by Crippen LogP contribution is -2.53. The molecule has 0 atom stereocenters. The highest BCUT2D eigenvalue weighted by atomic mass is 16.2. The number of aromatic nitrogens is 1. The molecule has 1 aliphatic rings. The minimum absolute atomic E-state index is 0.335. The molecule has 0 unspecified atom stereocenters. The first-order valence-electron chi connectivity index (χ1n) is 5.91. The highest BCUT2D eigenvalue weighted by molar-refractivity contribution is 6.35. The highest BCUT2D eigenvalue weighted by Gasteiger charge is 2.31. The predicted octanol–water partition coefficient (Wildman–Crippen LogP) is -0.146. The van der Waals surface area contributed by atoms with E-state index in [9.17, 15) is 9.59 Å². The maximum absolute atomic E-state index is 11.9. The van der Waals surface area contributed by atoms with Gasteiger partial charge in [0.05, 0.1) is 0 Å². The van der Waals surface area contributed by atoms with E-state index in [1.165, 1.54) is 4.90 Å². The molecule has 6 heteroatoms. The van der Waals surface area contributed by atoms with E-state index in [0.29, 0.717) is 32.0 Å². The van der Waals surface area contributed by atoms with Crippen molar-refractivity contribution in [3.63, 3.8) is 0 Å². The number of carbonyl (C=O) groups is 2. The molecule has 1 aromatic heterocycles. The third kappa shape index (κ3) is 2.27. The topological polar surface area (TPSA) is 79.5 Å². The van der Waals surface area contributed by atoms with Gasteiger partial charge in [-0.15, -0.1) is 0 Å². The van der Waals surface area contributed by atoms with Crippen LogP contribution in [0.3, 0.4) is 0 Å². The Kier molecular flexibility index (Phi) is 3.45. The van der Waals surface area contributed by atoms with Gasteiger partial charge in [-0.25, -0.2) is 4.98 Å². The molecule has 1 fully saturated rings. The van der Waals surface area contributed by atoms with Crippen LogP contribution in [0.2, 0.25) is 0 Å². The van der Waals surface area contributed by atoms with Crippen molar-refractivity contribution in [1.29, 1.82) is 0 Å². The highest BCUT2D eigenvalue weighted by Crippen LogP contribution is 2.13. The van der Waals surface area contributed by atoms with Crippen molar-refractivity contribution in [2.24, 2.45) is 0 Å². The van der Waals surface area contributed by atoms with Crippen LogP contribution < -0.4 is 5.73 Å². The minimum atomic E-state index is -0.466. The Morgan fingerprint density at radius 1 is 1.28 bits per heavy atom. The van der Waals surface area contributed by atoms with Gasteiger partial charge in [-0.2, -0.15) is 0 Å². The fraction of sp³-hybridized carbons (Fsp3) is 0.417. The standard InChI is InChI=1S/C12H16N4O2/c1-2-15-6-7-16(12(18)11(15)17)8-9-4-3-5-14-10(9)13/h3-5H,2,6-8H2,1H3,(H2,13,14). The number of hydrogen-bond donors (Lipinski definition) is 1. The number of carbonyl (C=O) groups excluding carboxylic acids is 2. The Morgan fingerprint density at radius 3 is 2.61 bits per heavy atom. The molecule has 0 aliphatic carbocycles. The van der Waals surface area contributed by atoms with E-state index in [0.717, 1.165) is 5.56 Å². The number of rotatable bonds is 3. The normalized spacial score (nSPS) is 16.3. The Morgan fingerprint density at radius 2 is 1.94 bits per heavy atom. The van der Waals surface area contributed by atoms with Gasteiger partial charge in [0, 0.05) is 37.9 Å². The molecule has 0 spiro atoms. The SMILES string of the molecule is CCN1CCN(Cc2cccnc2N)C(=O)C1=O. The second kappa shape index (κ2) is 5.03. The monoisotopic (exact) mass is 248 g/mol. The average Bonchev–Trinajstić information content (AvgIpc) is 2.38. The number of hydrogen-bond acceptors (Lipinski definition) is 4. The number of likely N-dealkylation sites (N-methyl/N-ethyl adjacent to an activating group) is 1. The van der Waals surface area contributed by atoms with Crippen LogP contribution in [0.15, 0.2) is 18.3 Å². The molecule has 2 rings (SSSR count). The number of nitrogens with zero attached hydrogens (tertiary/aromatic N) is 3. The van der Waals surface area contributed by atoms with Gasteiger partial charge in [0.15, 0.2) is 0 Å². The third-order valence-electron chi connectivity index (χ3n) is 3.07. The minimum Gasteiger partial charge on any atom is -0.383 e. The molecule has 0 saturated carbocycles. The summed E-state index contributed by atoms with van der Waals surface area (Å²) < 4.78 is 0. The zero-order chi connectivity index (χ0) is 13.1. The van der Waals surface area contributed by atoms with E-state index < -0.39 is 11.8 Å². The van der Waals surface area contributed by atoms with E-state index in [2.05, 4.69) is 4.98 Å². The summed E-state index contributed by atoms with van der Waals surface area (Å²) in [6.45, 7) is 3.86. The summed E-state index contributed by atoms with van der Waals surface area (Å²) in [6.07, 6.45) is 1.60. The van der Waals surface area contributed by atoms with Crippen molar-refractivity contribution in [1.82, 2.24) is 14.8 Å². The van der Waals surface area contributed by atoms with E-state index in [1.807, 2.05) is 13.0 Å². The van der Waals surface area contributed by atoms with E-state index >= 15 is 0 Å². The van der Waals surface area contributed by atoms with Crippen LogP contribution in [0.1, 0.15) is 12.5 Å². The lowest BCUT2D eigenvalue weighted by atomic mass is 10.2. The lowest BCUT2D eigenvalue weighted by molar-refractivity contribution is -0.156. The van der Waals surface area contributed by atoms with Crippen LogP contribution in [0.5, 0.6) is 0 Å². The molecule has 96 valence electrons. The maximum atomic E-state index is 11.9. The number of pyridine rings is 1. The Labute approximate surface area is 105 Å². The first kappa shape index (κ1) is 12.3. The summed E-state index contributed by atoms with van der Waals surface area (Å²) in [7, 11) is 0. The Hall–Kier alpha value is -2.11. The fourth-order valence-electron chi connectivity index (χ4n) is 1.96. The van der Waals surface area contributed by atoms with E-state index in [-0.39, 0.29) is 0 Å². The van der Waals surface area contributed by atoms with Gasteiger partial charge in [-0.1, -0.05) is 6.07 Å². The number of anilines is 1. The molecule has 2 amide bonds. The fourth-order valence-corrected chi connectivity index (χ4v) is 1.96. The molecule has 1 aromatic rings. The second-order valence-electron chi connectivity index (χ2n) is 4.16. The molecule has 2 heterocycles. The summed E-state index contributed by atoms with van der Waals surface area (Å²) in [6, 6.07) is 3.58. The summed E-state index contributed by atoms with van der Waals surface area (Å²) in [5.41, 5.74) is 6.49. The van der Waals surface area contributed by atoms with Crippen LogP contribution in [0, 0.1) is 0 Å². The predicted molar refractivity (Wildman–Crippen MR) is 66.3 cm³/mol. The van der Waals surface area contributed by atoms with Gasteiger partial charge in [0.25, 0.3) is 0 Å². The van der Waals surface area contributed by atoms with Crippen molar-refractivity contribution in [3.05, 3.63) is 23.9 Å². The smallest absolute Gasteiger partial charge is 0.312 e. The zero-order valence-electron chi connectivity index (χ0n) is 10.3. The third-order valence-corrected chi connectivity index (χ3v) is 3.07. The number of nitrogen functional groups attached to an aromatic ring is 1. The molecule has 1 saturated heterocycles. The molecular weight excluding hydrogens is 232 g/mol. The van der Waals surface area contributed by atoms with E-state index in [1.54, 1.807) is 17.2 Å². The molecule has 0 aromatic carbocycles. The van der Waals surface area contributed by atoms with Crippen LogP contribution >= 0.6 is 0 Å². The van der Waals surface area contributed by atoms with Crippen LogP contribution in [0.25, 0.3) is 0 Å². The molecular formula is C12H16N4O2. The van der Waals surface area contributed by atoms with Crippen molar-refractivity contribution in [3.8, 4) is 0 Å². The molecule has 6 nitrogen and oxygen atoms in total. The molecule has 1 aliphatic heterocycles. The van der Waals surface area contributed by atoms with Gasteiger partial charge >= 0.3 is 11.8 Å². The van der Waals surface area contributed by atoms with Gasteiger partial charge in [-0.3, -0.25) is 9.59 Å². The first-order chi connectivity index (χ1) is 8.63. The van der Waals surface area contributed by atoms with Crippen LogP contribution in [0.4, 0.5) is 5.82 Å². The lowest BCUT2D eigenvalue weighted by Gasteiger charge is -2.33. The van der Waals surface area contributed by atoms with Gasteiger partial charge in [0.2, 0.25) is 0 Å². The summed E-state index contributed by atoms with van der Waals surface area (Å²) in [5.74, 6) is -0.506. The quantitative estimate of drug-likeness (QED) is 0.755. The Balaban J connectivity index is 2.10. The van der Waals surface area contributed by atoms with Crippen molar-refractivity contribution < 1.29 is 9.59 Å². The van der Waals surface area contributed by atoms with Crippen LogP contribution in [-0.4, -0.2) is 46.2 Å². The van der Waals surface area contributed by atoms with Crippen molar-refractivity contribution >= 4 is 17.6 Å².